The number of ether oxygens (including phenoxy) is 1. The Morgan fingerprint density at radius 1 is 1.41 bits per heavy atom. The van der Waals surface area contributed by atoms with E-state index in [9.17, 15) is 9.18 Å². The van der Waals surface area contributed by atoms with Gasteiger partial charge in [-0.1, -0.05) is 12.8 Å². The van der Waals surface area contributed by atoms with Crippen molar-refractivity contribution in [2.24, 2.45) is 22.6 Å². The number of pyridine rings is 1. The summed E-state index contributed by atoms with van der Waals surface area (Å²) >= 11 is 0. The van der Waals surface area contributed by atoms with Crippen LogP contribution in [0.2, 0.25) is 0 Å². The Balaban J connectivity index is 1.68. The highest BCUT2D eigenvalue weighted by Gasteiger charge is 2.64. The van der Waals surface area contributed by atoms with Gasteiger partial charge in [0.15, 0.2) is 5.54 Å². The maximum atomic E-state index is 14.8. The predicted molar refractivity (Wildman–Crippen MR) is 103 cm³/mol. The predicted octanol–water partition coefficient (Wildman–Crippen LogP) is 2.15. The second kappa shape index (κ2) is 6.61. The van der Waals surface area contributed by atoms with Crippen molar-refractivity contribution in [3.05, 3.63) is 59.2 Å². The van der Waals surface area contributed by atoms with Crippen molar-refractivity contribution < 1.29 is 13.9 Å². The number of rotatable bonds is 3. The van der Waals surface area contributed by atoms with Gasteiger partial charge < -0.3 is 15.8 Å². The van der Waals surface area contributed by atoms with Crippen LogP contribution in [0.1, 0.15) is 28.5 Å². The number of carbonyl (C=O) groups excluding carboxylic acids is 1. The van der Waals surface area contributed by atoms with Gasteiger partial charge in [-0.2, -0.15) is 5.26 Å². The van der Waals surface area contributed by atoms with Gasteiger partial charge in [0.05, 0.1) is 5.56 Å². The molecule has 4 rings (SSSR count). The Bertz CT molecular complexity index is 1120. The van der Waals surface area contributed by atoms with Crippen LogP contribution in [0.4, 0.5) is 10.1 Å². The van der Waals surface area contributed by atoms with Crippen molar-refractivity contribution in [1.29, 1.82) is 5.26 Å². The number of terminal acetylenes is 1. The Hall–Kier alpha value is -3.91. The minimum atomic E-state index is -1.30. The summed E-state index contributed by atoms with van der Waals surface area (Å²) in [5.74, 6) is 1.41. The van der Waals surface area contributed by atoms with E-state index in [-0.39, 0.29) is 35.2 Å². The lowest BCUT2D eigenvalue weighted by atomic mass is 9.84. The number of amides is 1. The number of nitrogens with zero attached hydrogens (tertiary/aromatic N) is 3. The van der Waals surface area contributed by atoms with Crippen molar-refractivity contribution >= 4 is 17.6 Å². The van der Waals surface area contributed by atoms with Crippen LogP contribution in [-0.4, -0.2) is 23.0 Å². The number of nitrogens with two attached hydrogens (primary N) is 1. The molecule has 2 heterocycles. The number of anilines is 1. The number of amidine groups is 1. The largest absolute Gasteiger partial charge is 0.461 e. The summed E-state index contributed by atoms with van der Waals surface area (Å²) in [7, 11) is 0. The van der Waals surface area contributed by atoms with E-state index < -0.39 is 17.3 Å². The van der Waals surface area contributed by atoms with E-state index in [0.29, 0.717) is 11.3 Å². The zero-order valence-corrected chi connectivity index (χ0v) is 15.4. The van der Waals surface area contributed by atoms with Gasteiger partial charge in [0.2, 0.25) is 0 Å². The molecule has 144 valence electrons. The highest BCUT2D eigenvalue weighted by molar-refractivity contribution is 6.02. The van der Waals surface area contributed by atoms with Crippen molar-refractivity contribution in [2.45, 2.75) is 18.6 Å². The van der Waals surface area contributed by atoms with Gasteiger partial charge in [0, 0.05) is 29.3 Å². The van der Waals surface area contributed by atoms with Crippen molar-refractivity contribution in [3.8, 4) is 18.4 Å². The molecule has 1 amide bonds. The molecule has 7 nitrogen and oxygen atoms in total. The number of halogens is 1. The molecular formula is C21H16FN5O2. The number of nitriles is 1. The summed E-state index contributed by atoms with van der Waals surface area (Å²) in [6.07, 6.45) is 6.87. The topological polar surface area (TPSA) is 113 Å². The molecule has 0 radical (unpaired) electrons. The van der Waals surface area contributed by atoms with Crippen molar-refractivity contribution in [1.82, 2.24) is 4.98 Å². The van der Waals surface area contributed by atoms with Crippen LogP contribution < -0.4 is 11.1 Å². The van der Waals surface area contributed by atoms with E-state index in [0.717, 1.165) is 0 Å². The van der Waals surface area contributed by atoms with Gasteiger partial charge in [-0.3, -0.25) is 4.79 Å². The molecule has 1 aliphatic heterocycles. The van der Waals surface area contributed by atoms with Gasteiger partial charge in [0.25, 0.3) is 11.9 Å². The Morgan fingerprint density at radius 3 is 2.86 bits per heavy atom. The number of benzene rings is 1. The molecule has 0 bridgehead atoms. The smallest absolute Gasteiger partial charge is 0.284 e. The van der Waals surface area contributed by atoms with Crippen LogP contribution in [0.3, 0.4) is 0 Å². The first kappa shape index (κ1) is 18.5. The number of nitrogens with one attached hydrogen (secondary N) is 1. The maximum Gasteiger partial charge on any atom is 0.284 e. The molecule has 1 saturated carbocycles. The average molecular weight is 389 g/mol. The summed E-state index contributed by atoms with van der Waals surface area (Å²) in [5.41, 5.74) is 5.41. The van der Waals surface area contributed by atoms with Crippen LogP contribution in [-0.2, 0) is 10.3 Å². The highest BCUT2D eigenvalue weighted by Crippen LogP contribution is 2.57. The first-order valence-corrected chi connectivity index (χ1v) is 8.87. The summed E-state index contributed by atoms with van der Waals surface area (Å²) in [5, 5.41) is 11.5. The number of aromatic nitrogens is 1. The molecule has 0 spiro atoms. The van der Waals surface area contributed by atoms with Crippen LogP contribution in [0.5, 0.6) is 0 Å². The van der Waals surface area contributed by atoms with Crippen LogP contribution in [0.15, 0.2) is 41.5 Å². The molecule has 4 atom stereocenters. The molecule has 3 N–H and O–H groups in total. The van der Waals surface area contributed by atoms with E-state index in [1.54, 1.807) is 0 Å². The third-order valence-electron chi connectivity index (χ3n) is 5.30. The number of aliphatic imine (C=N–C) groups is 1. The number of hydrogen-bond acceptors (Lipinski definition) is 6. The van der Waals surface area contributed by atoms with Gasteiger partial charge in [0.1, 0.15) is 23.7 Å². The first-order chi connectivity index (χ1) is 13.9. The molecule has 1 fully saturated rings. The molecule has 2 aliphatic rings. The van der Waals surface area contributed by atoms with Gasteiger partial charge in [-0.25, -0.2) is 14.4 Å². The fourth-order valence-electron chi connectivity index (χ4n) is 3.77. The van der Waals surface area contributed by atoms with E-state index in [1.807, 2.05) is 13.0 Å². The molecule has 29 heavy (non-hydrogen) atoms. The fraction of sp³-hybridized carbons (Fsp3) is 0.238. The van der Waals surface area contributed by atoms with E-state index in [1.165, 1.54) is 36.5 Å². The Labute approximate surface area is 166 Å². The minimum absolute atomic E-state index is 0.0661. The van der Waals surface area contributed by atoms with Crippen LogP contribution in [0.25, 0.3) is 0 Å². The zero-order chi connectivity index (χ0) is 20.8. The SMILES string of the molecule is C#C[C@]1(c2cc(NC(=O)c3ccc(C#N)cn3)ccc2F)N=C(N)OC2[C@@H]1[C@H]2C. The van der Waals surface area contributed by atoms with Gasteiger partial charge in [-0.15, -0.1) is 6.42 Å². The quantitative estimate of drug-likeness (QED) is 0.781. The standard InChI is InChI=1S/C21H16FN5O2/c1-3-21(17-11(2)18(17)29-20(24)27-21)14-8-13(5-6-15(14)22)26-19(28)16-7-4-12(9-23)10-25-16/h1,4-8,10-11,17-18H,2H3,(H2,24,27)(H,26,28)/t11-,17+,18?,21-/m1/s1. The highest BCUT2D eigenvalue weighted by atomic mass is 19.1. The number of carbonyl (C=O) groups is 1. The first-order valence-electron chi connectivity index (χ1n) is 8.87. The molecule has 1 aromatic carbocycles. The molecule has 2 aromatic rings. The molecule has 8 heteroatoms. The van der Waals surface area contributed by atoms with Crippen molar-refractivity contribution in [3.63, 3.8) is 0 Å². The Morgan fingerprint density at radius 2 is 2.21 bits per heavy atom. The van der Waals surface area contributed by atoms with Gasteiger partial charge >= 0.3 is 0 Å². The van der Waals surface area contributed by atoms with Crippen LogP contribution in [0, 0.1) is 41.3 Å². The number of fused-ring (bicyclic) bond motifs is 1. The third kappa shape index (κ3) is 2.95. The minimum Gasteiger partial charge on any atom is -0.461 e. The summed E-state index contributed by atoms with van der Waals surface area (Å²) < 4.78 is 20.2. The molecule has 1 aromatic heterocycles. The Kier molecular flexibility index (Phi) is 4.20. The summed E-state index contributed by atoms with van der Waals surface area (Å²) in [4.78, 5) is 20.7. The van der Waals surface area contributed by atoms with E-state index in [2.05, 4.69) is 21.2 Å². The zero-order valence-electron chi connectivity index (χ0n) is 15.4. The molecule has 1 unspecified atom stereocenters. The summed E-state index contributed by atoms with van der Waals surface area (Å²) in [6.45, 7) is 1.94. The van der Waals surface area contributed by atoms with Crippen LogP contribution >= 0.6 is 0 Å². The molecular weight excluding hydrogens is 373 g/mol. The summed E-state index contributed by atoms with van der Waals surface area (Å²) in [6, 6.07) is 8.87. The normalized spacial score (nSPS) is 26.8. The lowest BCUT2D eigenvalue weighted by Crippen LogP contribution is -2.37. The molecule has 1 aliphatic carbocycles. The lowest BCUT2D eigenvalue weighted by Gasteiger charge is -2.29. The van der Waals surface area contributed by atoms with Crippen molar-refractivity contribution in [2.75, 3.05) is 5.32 Å². The van der Waals surface area contributed by atoms with E-state index >= 15 is 0 Å². The molecule has 0 saturated heterocycles. The lowest BCUT2D eigenvalue weighted by molar-refractivity contribution is 0.102. The number of hydrogen-bond donors (Lipinski definition) is 2. The average Bonchev–Trinajstić information content (AvgIpc) is 3.38. The maximum absolute atomic E-state index is 14.8. The monoisotopic (exact) mass is 389 g/mol. The van der Waals surface area contributed by atoms with Gasteiger partial charge in [-0.05, 0) is 30.3 Å². The fourth-order valence-corrected chi connectivity index (χ4v) is 3.77. The second-order valence-electron chi connectivity index (χ2n) is 7.02. The third-order valence-corrected chi connectivity index (χ3v) is 5.30. The second-order valence-corrected chi connectivity index (χ2v) is 7.02. The van der Waals surface area contributed by atoms with E-state index in [4.69, 9.17) is 22.2 Å².